The second-order valence-electron chi connectivity index (χ2n) is 20.1. The Labute approximate surface area is 414 Å². The number of phenolic OH excluding ortho intramolecular Hbond substituents is 1. The van der Waals surface area contributed by atoms with E-state index in [2.05, 4.69) is 37.2 Å². The Morgan fingerprint density at radius 3 is 1.72 bits per heavy atom. The quantitative estimate of drug-likeness (QED) is 0.0478. The van der Waals surface area contributed by atoms with E-state index in [1.165, 1.54) is 26.0 Å². The average Bonchev–Trinajstić information content (AvgIpc) is 4.16. The minimum atomic E-state index is -1.18. The van der Waals surface area contributed by atoms with Crippen molar-refractivity contribution in [1.82, 2.24) is 37.2 Å². The normalized spacial score (nSPS) is 25.5. The number of hydrogen-bond donors (Lipinski definition) is 11. The Balaban J connectivity index is 1.25. The third-order valence-corrected chi connectivity index (χ3v) is 14.9. The molecule has 392 valence electrons. The number of primary amides is 1. The number of Topliss-reactive ketones (excluding diaryl/α,β-unsaturated/α-hetero) is 3. The largest absolute Gasteiger partial charge is 0.508 e. The zero-order valence-electron chi connectivity index (χ0n) is 41.0. The number of aromatic hydroxyl groups is 1. The maximum atomic E-state index is 14.4. The van der Waals surface area contributed by atoms with E-state index in [9.17, 15) is 58.2 Å². The number of rotatable bonds is 28. The Bertz CT molecular complexity index is 2090. The van der Waals surface area contributed by atoms with Gasteiger partial charge in [-0.15, -0.1) is 0 Å². The van der Waals surface area contributed by atoms with E-state index in [0.29, 0.717) is 76.6 Å². The fraction of sp³-hybridized carbons (Fsp3) is 0.680. The second-order valence-corrected chi connectivity index (χ2v) is 20.1. The van der Waals surface area contributed by atoms with Crippen LogP contribution in [0.2, 0.25) is 0 Å². The minimum absolute atomic E-state index is 0.0125. The SMILES string of the molecule is CC(=O)NC1CCCC1C(=O)N[C@@H](CCCCN)C(=O)CC1CNCC1C(=O)N[C@@H](Cc1ccc(O)cc1)C(=O)CC1CCCC1C(=O)N[C@@H](CCC(=O)O)C(=O)CC1CNCC1C(=O)N[C@@H](C)C(N)=O. The molecular weight excluding hydrogens is 919 g/mol. The van der Waals surface area contributed by atoms with Crippen molar-refractivity contribution >= 4 is 58.8 Å². The lowest BCUT2D eigenvalue weighted by molar-refractivity contribution is -0.138. The molecular formula is C50H75N9O12. The first-order valence-corrected chi connectivity index (χ1v) is 25.3. The van der Waals surface area contributed by atoms with Gasteiger partial charge in [0, 0.05) is 57.7 Å². The third kappa shape index (κ3) is 16.6. The van der Waals surface area contributed by atoms with E-state index < -0.39 is 107 Å². The van der Waals surface area contributed by atoms with Crippen LogP contribution < -0.4 is 48.7 Å². The van der Waals surface area contributed by atoms with Crippen molar-refractivity contribution in [1.29, 1.82) is 0 Å². The Kier molecular flexibility index (Phi) is 21.5. The monoisotopic (exact) mass is 994 g/mol. The summed E-state index contributed by atoms with van der Waals surface area (Å²) in [4.78, 5) is 132. The number of phenols is 1. The topological polar surface area (TPSA) is 347 Å². The molecule has 21 heteroatoms. The van der Waals surface area contributed by atoms with Crippen LogP contribution in [0.3, 0.4) is 0 Å². The molecule has 0 bridgehead atoms. The number of carbonyl (C=O) groups excluding carboxylic acids is 9. The first-order chi connectivity index (χ1) is 33.8. The number of unbranched alkanes of at least 4 members (excludes halogenated alkanes) is 1. The minimum Gasteiger partial charge on any atom is -0.508 e. The van der Waals surface area contributed by atoms with Crippen LogP contribution in [0.4, 0.5) is 0 Å². The van der Waals surface area contributed by atoms with Crippen LogP contribution in [-0.2, 0) is 54.4 Å². The van der Waals surface area contributed by atoms with Crippen molar-refractivity contribution in [3.63, 3.8) is 0 Å². The second kappa shape index (κ2) is 27.1. The van der Waals surface area contributed by atoms with Crippen molar-refractivity contribution in [3.8, 4) is 5.75 Å². The van der Waals surface area contributed by atoms with Crippen molar-refractivity contribution in [2.24, 2.45) is 52.9 Å². The number of ketones is 3. The van der Waals surface area contributed by atoms with E-state index in [0.717, 1.165) is 6.42 Å². The zero-order chi connectivity index (χ0) is 51.8. The van der Waals surface area contributed by atoms with Gasteiger partial charge in [0.2, 0.25) is 35.4 Å². The summed E-state index contributed by atoms with van der Waals surface area (Å²) in [6.45, 7) is 4.39. The van der Waals surface area contributed by atoms with Crippen molar-refractivity contribution in [2.75, 3.05) is 32.7 Å². The number of benzene rings is 1. The highest BCUT2D eigenvalue weighted by Crippen LogP contribution is 2.36. The van der Waals surface area contributed by atoms with Gasteiger partial charge in [0.15, 0.2) is 17.3 Å². The van der Waals surface area contributed by atoms with Crippen LogP contribution in [0.15, 0.2) is 24.3 Å². The molecule has 0 spiro atoms. The number of hydrogen-bond acceptors (Lipinski definition) is 14. The maximum absolute atomic E-state index is 14.4. The van der Waals surface area contributed by atoms with Crippen LogP contribution in [0.25, 0.3) is 0 Å². The molecule has 0 aromatic heterocycles. The number of carboxylic acids is 1. The maximum Gasteiger partial charge on any atom is 0.303 e. The lowest BCUT2D eigenvalue weighted by atomic mass is 9.85. The Morgan fingerprint density at radius 1 is 0.634 bits per heavy atom. The number of nitrogens with two attached hydrogens (primary N) is 2. The van der Waals surface area contributed by atoms with Crippen LogP contribution in [0.5, 0.6) is 5.75 Å². The summed E-state index contributed by atoms with van der Waals surface area (Å²) in [5, 5.41) is 39.9. The summed E-state index contributed by atoms with van der Waals surface area (Å²) in [6, 6.07) is 1.91. The summed E-state index contributed by atoms with van der Waals surface area (Å²) in [6.07, 6.45) is 4.29. The highest BCUT2D eigenvalue weighted by Gasteiger charge is 2.42. The van der Waals surface area contributed by atoms with Gasteiger partial charge in [-0.05, 0) is 120 Å². The van der Waals surface area contributed by atoms with E-state index in [4.69, 9.17) is 11.5 Å². The van der Waals surface area contributed by atoms with Crippen LogP contribution in [-0.4, -0.2) is 132 Å². The Morgan fingerprint density at radius 2 is 1.14 bits per heavy atom. The van der Waals surface area contributed by atoms with Crippen molar-refractivity contribution in [2.45, 2.75) is 140 Å². The molecule has 6 amide bonds. The van der Waals surface area contributed by atoms with Crippen LogP contribution >= 0.6 is 0 Å². The van der Waals surface area contributed by atoms with E-state index >= 15 is 0 Å². The summed E-state index contributed by atoms with van der Waals surface area (Å²) in [5.74, 6) is -8.84. The summed E-state index contributed by atoms with van der Waals surface area (Å²) in [7, 11) is 0. The van der Waals surface area contributed by atoms with Gasteiger partial charge in [-0.25, -0.2) is 0 Å². The molecule has 2 aliphatic heterocycles. The van der Waals surface area contributed by atoms with E-state index in [1.807, 2.05) is 0 Å². The van der Waals surface area contributed by atoms with Gasteiger partial charge < -0.3 is 58.9 Å². The van der Waals surface area contributed by atoms with Crippen molar-refractivity contribution < 1.29 is 58.2 Å². The number of amides is 6. The predicted molar refractivity (Wildman–Crippen MR) is 259 cm³/mol. The molecule has 4 aliphatic rings. The fourth-order valence-electron chi connectivity index (χ4n) is 10.8. The van der Waals surface area contributed by atoms with Gasteiger partial charge in [0.1, 0.15) is 11.8 Å². The standard InChI is InChI=1S/C50H75N9O12/c1-27(46(52)67)55-49(70)36-25-53-23-31(36)22-43(63)40(16-17-45(65)66)58-47(68)34-8-5-7-30(34)20-44(64)41(19-29-12-14-33(61)15-13-29)59-50(71)37-26-54-24-32(37)21-42(62)39(10-3-4-18-51)57-48(69)35-9-6-11-38(35)56-28(2)60/h12-15,27,30-32,34-41,53-54,61H,3-11,16-26,51H2,1-2H3,(H2,52,67)(H,55,70)(H,56,60)(H,57,69)(H,58,68)(H,59,71)(H,65,66)/t27-,30?,31?,32?,34?,35?,36?,37?,38?,39-,40-,41-/m0/s1. The van der Waals surface area contributed by atoms with Crippen LogP contribution in [0.1, 0.15) is 109 Å². The van der Waals surface area contributed by atoms with E-state index in [-0.39, 0.29) is 80.4 Å². The van der Waals surface area contributed by atoms with Gasteiger partial charge >= 0.3 is 5.97 Å². The molecule has 2 heterocycles. The van der Waals surface area contributed by atoms with Gasteiger partial charge in [0.25, 0.3) is 0 Å². The smallest absolute Gasteiger partial charge is 0.303 e. The lowest BCUT2D eigenvalue weighted by Crippen LogP contribution is -2.49. The predicted octanol–water partition coefficient (Wildman–Crippen LogP) is -0.357. The highest BCUT2D eigenvalue weighted by atomic mass is 16.4. The molecule has 2 saturated heterocycles. The average molecular weight is 994 g/mol. The number of carboxylic acid groups (broad SMARTS) is 1. The first-order valence-electron chi connectivity index (χ1n) is 25.3. The molecule has 5 rings (SSSR count). The third-order valence-electron chi connectivity index (χ3n) is 14.9. The molecule has 12 atom stereocenters. The van der Waals surface area contributed by atoms with Crippen LogP contribution in [0, 0.1) is 41.4 Å². The fourth-order valence-corrected chi connectivity index (χ4v) is 10.8. The molecule has 0 radical (unpaired) electrons. The zero-order valence-corrected chi connectivity index (χ0v) is 41.0. The van der Waals surface area contributed by atoms with Gasteiger partial charge in [-0.1, -0.05) is 25.0 Å². The van der Waals surface area contributed by atoms with Gasteiger partial charge in [0.05, 0.1) is 35.9 Å². The Hall–Kier alpha value is -5.80. The molecule has 2 saturated carbocycles. The highest BCUT2D eigenvalue weighted by molar-refractivity contribution is 5.94. The summed E-state index contributed by atoms with van der Waals surface area (Å²) < 4.78 is 0. The molecule has 21 nitrogen and oxygen atoms in total. The molecule has 1 aromatic rings. The molecule has 2 aliphatic carbocycles. The van der Waals surface area contributed by atoms with Crippen molar-refractivity contribution in [3.05, 3.63) is 29.8 Å². The molecule has 1 aromatic carbocycles. The number of carbonyl (C=O) groups is 10. The van der Waals surface area contributed by atoms with E-state index in [1.54, 1.807) is 12.1 Å². The van der Waals surface area contributed by atoms with Gasteiger partial charge in [-0.2, -0.15) is 0 Å². The first kappa shape index (κ1) is 56.1. The number of aliphatic carboxylic acids is 1. The summed E-state index contributed by atoms with van der Waals surface area (Å²) >= 11 is 0. The number of nitrogens with one attached hydrogen (secondary N) is 7. The lowest BCUT2D eigenvalue weighted by Gasteiger charge is -2.27. The molecule has 8 unspecified atom stereocenters. The summed E-state index contributed by atoms with van der Waals surface area (Å²) in [5.41, 5.74) is 11.7. The molecule has 71 heavy (non-hydrogen) atoms. The molecule has 13 N–H and O–H groups in total. The molecule has 4 fully saturated rings. The van der Waals surface area contributed by atoms with Gasteiger partial charge in [-0.3, -0.25) is 47.9 Å².